The molecule has 2 heterocycles. The zero-order valence-electron chi connectivity index (χ0n) is 10.8. The number of carbonyl (C=O) groups excluding carboxylic acids is 1. The Hall–Kier alpha value is -1.89. The van der Waals surface area contributed by atoms with Crippen LogP contribution in [0.1, 0.15) is 18.6 Å². The molecule has 19 heavy (non-hydrogen) atoms. The normalized spacial score (nSPS) is 19.5. The van der Waals surface area contributed by atoms with Gasteiger partial charge in [0.05, 0.1) is 6.54 Å². The Morgan fingerprint density at radius 3 is 3.05 bits per heavy atom. The zero-order chi connectivity index (χ0) is 13.8. The number of hydrogen-bond acceptors (Lipinski definition) is 5. The first-order valence-corrected chi connectivity index (χ1v) is 6.20. The number of aliphatic carboxylic acids is 1. The molecule has 7 heteroatoms. The van der Waals surface area contributed by atoms with Crippen molar-refractivity contribution in [2.45, 2.75) is 19.8 Å². The smallest absolute Gasteiger partial charge is 0.303 e. The van der Waals surface area contributed by atoms with Gasteiger partial charge in [-0.3, -0.25) is 14.5 Å². The van der Waals surface area contributed by atoms with Gasteiger partial charge in [-0.25, -0.2) is 0 Å². The van der Waals surface area contributed by atoms with E-state index in [1.54, 1.807) is 13.0 Å². The quantitative estimate of drug-likeness (QED) is 0.816. The molecule has 1 atom stereocenters. The van der Waals surface area contributed by atoms with Crippen molar-refractivity contribution in [3.63, 3.8) is 0 Å². The fraction of sp³-hybridized carbons (Fsp3) is 0.583. The summed E-state index contributed by atoms with van der Waals surface area (Å²) in [6, 6.07) is 1.65. The maximum absolute atomic E-state index is 11.8. The van der Waals surface area contributed by atoms with Gasteiger partial charge in [0.2, 0.25) is 5.91 Å². The van der Waals surface area contributed by atoms with Gasteiger partial charge in [0, 0.05) is 19.0 Å². The third-order valence-corrected chi connectivity index (χ3v) is 3.10. The van der Waals surface area contributed by atoms with E-state index < -0.39 is 5.97 Å². The van der Waals surface area contributed by atoms with Crippen molar-refractivity contribution in [1.29, 1.82) is 0 Å². The fourth-order valence-electron chi connectivity index (χ4n) is 2.28. The molecular formula is C12H17N3O4. The fourth-order valence-corrected chi connectivity index (χ4v) is 2.28. The molecule has 1 unspecified atom stereocenters. The van der Waals surface area contributed by atoms with Gasteiger partial charge < -0.3 is 14.9 Å². The van der Waals surface area contributed by atoms with E-state index in [0.29, 0.717) is 18.1 Å². The number of likely N-dealkylation sites (tertiary alicyclic amines) is 1. The van der Waals surface area contributed by atoms with Crippen LogP contribution in [0.3, 0.4) is 0 Å². The summed E-state index contributed by atoms with van der Waals surface area (Å²) >= 11 is 0. The standard InChI is InChI=1S/C12H17N3O4/c1-8-4-10(14-19-8)13-11(16)7-15-3-2-9(6-15)5-12(17)18/h4,9H,2-3,5-7H2,1H3,(H,17,18)(H,13,14,16). The molecule has 1 aromatic rings. The molecular weight excluding hydrogens is 250 g/mol. The summed E-state index contributed by atoms with van der Waals surface area (Å²) in [4.78, 5) is 24.3. The average molecular weight is 267 g/mol. The molecule has 1 aliphatic rings. The van der Waals surface area contributed by atoms with E-state index in [1.807, 2.05) is 4.90 Å². The summed E-state index contributed by atoms with van der Waals surface area (Å²) in [6.45, 7) is 3.41. The largest absolute Gasteiger partial charge is 0.481 e. The van der Waals surface area contributed by atoms with E-state index in [-0.39, 0.29) is 24.8 Å². The Kier molecular flexibility index (Phi) is 4.16. The number of hydrogen-bond donors (Lipinski definition) is 2. The van der Waals surface area contributed by atoms with E-state index >= 15 is 0 Å². The van der Waals surface area contributed by atoms with Crippen molar-refractivity contribution >= 4 is 17.7 Å². The van der Waals surface area contributed by atoms with Crippen molar-refractivity contribution in [3.8, 4) is 0 Å². The lowest BCUT2D eigenvalue weighted by Gasteiger charge is -2.14. The molecule has 0 spiro atoms. The number of nitrogens with zero attached hydrogens (tertiary/aromatic N) is 2. The van der Waals surface area contributed by atoms with Gasteiger partial charge in [0.1, 0.15) is 5.76 Å². The van der Waals surface area contributed by atoms with E-state index in [1.165, 1.54) is 0 Å². The van der Waals surface area contributed by atoms with E-state index in [4.69, 9.17) is 9.63 Å². The molecule has 1 aliphatic heterocycles. The first kappa shape index (κ1) is 13.5. The Morgan fingerprint density at radius 1 is 1.63 bits per heavy atom. The highest BCUT2D eigenvalue weighted by Gasteiger charge is 2.25. The molecule has 1 fully saturated rings. The van der Waals surface area contributed by atoms with Crippen LogP contribution in [-0.4, -0.2) is 46.7 Å². The maximum Gasteiger partial charge on any atom is 0.303 e. The van der Waals surface area contributed by atoms with Gasteiger partial charge in [-0.1, -0.05) is 5.16 Å². The molecule has 0 aliphatic carbocycles. The minimum absolute atomic E-state index is 0.139. The lowest BCUT2D eigenvalue weighted by atomic mass is 10.1. The van der Waals surface area contributed by atoms with Crippen LogP contribution in [0.25, 0.3) is 0 Å². The van der Waals surface area contributed by atoms with Crippen LogP contribution >= 0.6 is 0 Å². The lowest BCUT2D eigenvalue weighted by Crippen LogP contribution is -2.31. The van der Waals surface area contributed by atoms with E-state index in [2.05, 4.69) is 10.5 Å². The third-order valence-electron chi connectivity index (χ3n) is 3.10. The van der Waals surface area contributed by atoms with Crippen LogP contribution < -0.4 is 5.32 Å². The van der Waals surface area contributed by atoms with E-state index in [0.717, 1.165) is 13.0 Å². The van der Waals surface area contributed by atoms with Crippen LogP contribution in [0.15, 0.2) is 10.6 Å². The molecule has 0 bridgehead atoms. The van der Waals surface area contributed by atoms with E-state index in [9.17, 15) is 9.59 Å². The molecule has 2 N–H and O–H groups in total. The Labute approximate surface area is 110 Å². The maximum atomic E-state index is 11.8. The van der Waals surface area contributed by atoms with Gasteiger partial charge in [0.15, 0.2) is 5.82 Å². The highest BCUT2D eigenvalue weighted by atomic mass is 16.5. The zero-order valence-corrected chi connectivity index (χ0v) is 10.8. The summed E-state index contributed by atoms with van der Waals surface area (Å²) < 4.78 is 4.85. The highest BCUT2D eigenvalue weighted by molar-refractivity contribution is 5.91. The number of carboxylic acid groups (broad SMARTS) is 1. The number of aryl methyl sites for hydroxylation is 1. The average Bonchev–Trinajstić information content (AvgIpc) is 2.88. The number of carboxylic acids is 1. The van der Waals surface area contributed by atoms with Gasteiger partial charge in [-0.15, -0.1) is 0 Å². The van der Waals surface area contributed by atoms with Crippen molar-refractivity contribution < 1.29 is 19.2 Å². The van der Waals surface area contributed by atoms with Crippen LogP contribution in [0.2, 0.25) is 0 Å². The number of anilines is 1. The highest BCUT2D eigenvalue weighted by Crippen LogP contribution is 2.19. The second-order valence-corrected chi connectivity index (χ2v) is 4.86. The Balaban J connectivity index is 1.76. The van der Waals surface area contributed by atoms with Crippen LogP contribution in [0, 0.1) is 12.8 Å². The second kappa shape index (κ2) is 5.83. The van der Waals surface area contributed by atoms with Gasteiger partial charge in [-0.05, 0) is 25.8 Å². The number of aromatic nitrogens is 1. The number of rotatable bonds is 5. The molecule has 0 aromatic carbocycles. The van der Waals surface area contributed by atoms with Crippen molar-refractivity contribution in [3.05, 3.63) is 11.8 Å². The minimum Gasteiger partial charge on any atom is -0.481 e. The topological polar surface area (TPSA) is 95.7 Å². The molecule has 0 radical (unpaired) electrons. The summed E-state index contributed by atoms with van der Waals surface area (Å²) in [5.74, 6) is 0.236. The van der Waals surface area contributed by atoms with Crippen molar-refractivity contribution in [2.75, 3.05) is 25.0 Å². The number of carbonyl (C=O) groups is 2. The number of nitrogens with one attached hydrogen (secondary N) is 1. The molecule has 0 saturated carbocycles. The molecule has 7 nitrogen and oxygen atoms in total. The van der Waals surface area contributed by atoms with Gasteiger partial charge in [-0.2, -0.15) is 0 Å². The Morgan fingerprint density at radius 2 is 2.42 bits per heavy atom. The third kappa shape index (κ3) is 4.06. The second-order valence-electron chi connectivity index (χ2n) is 4.86. The van der Waals surface area contributed by atoms with Crippen LogP contribution in [0.5, 0.6) is 0 Å². The summed E-state index contributed by atoms with van der Waals surface area (Å²) in [5.41, 5.74) is 0. The molecule has 2 rings (SSSR count). The molecule has 1 amide bonds. The lowest BCUT2D eigenvalue weighted by molar-refractivity contribution is -0.138. The first-order valence-electron chi connectivity index (χ1n) is 6.20. The van der Waals surface area contributed by atoms with Gasteiger partial charge >= 0.3 is 5.97 Å². The summed E-state index contributed by atoms with van der Waals surface area (Å²) in [7, 11) is 0. The predicted molar refractivity (Wildman–Crippen MR) is 66.7 cm³/mol. The van der Waals surface area contributed by atoms with Crippen molar-refractivity contribution in [2.24, 2.45) is 5.92 Å². The van der Waals surface area contributed by atoms with Crippen molar-refractivity contribution in [1.82, 2.24) is 10.1 Å². The monoisotopic (exact) mass is 267 g/mol. The predicted octanol–water partition coefficient (Wildman–Crippen LogP) is 0.718. The minimum atomic E-state index is -0.783. The summed E-state index contributed by atoms with van der Waals surface area (Å²) in [5, 5.41) is 15.0. The summed E-state index contributed by atoms with van der Waals surface area (Å²) in [6.07, 6.45) is 0.989. The molecule has 1 aromatic heterocycles. The SMILES string of the molecule is Cc1cc(NC(=O)CN2CCC(CC(=O)O)C2)no1. The molecule has 104 valence electrons. The first-order chi connectivity index (χ1) is 9.02. The number of amides is 1. The van der Waals surface area contributed by atoms with Crippen LogP contribution in [0.4, 0.5) is 5.82 Å². The van der Waals surface area contributed by atoms with Gasteiger partial charge in [0.25, 0.3) is 0 Å². The van der Waals surface area contributed by atoms with Crippen LogP contribution in [-0.2, 0) is 9.59 Å². The Bertz CT molecular complexity index is 471. The molecule has 1 saturated heterocycles.